The molecule has 0 aromatic carbocycles. The molecule has 98 valence electrons. The van der Waals surface area contributed by atoms with Gasteiger partial charge in [-0.3, -0.25) is 4.79 Å². The summed E-state index contributed by atoms with van der Waals surface area (Å²) in [7, 11) is 0. The molecule has 17 heavy (non-hydrogen) atoms. The van der Waals surface area contributed by atoms with Gasteiger partial charge in [0.25, 0.3) is 0 Å². The third-order valence-corrected chi connectivity index (χ3v) is 4.32. The van der Waals surface area contributed by atoms with Crippen LogP contribution in [0.25, 0.3) is 0 Å². The van der Waals surface area contributed by atoms with E-state index >= 15 is 0 Å². The van der Waals surface area contributed by atoms with Crippen molar-refractivity contribution < 1.29 is 9.53 Å². The van der Waals surface area contributed by atoms with E-state index in [9.17, 15) is 4.79 Å². The van der Waals surface area contributed by atoms with E-state index in [2.05, 4.69) is 13.8 Å². The van der Waals surface area contributed by atoms with Gasteiger partial charge < -0.3 is 4.74 Å². The molecule has 1 saturated heterocycles. The minimum absolute atomic E-state index is 0.0772. The quantitative estimate of drug-likeness (QED) is 0.749. The van der Waals surface area contributed by atoms with E-state index < -0.39 is 0 Å². The lowest BCUT2D eigenvalue weighted by Crippen LogP contribution is -2.43. The summed E-state index contributed by atoms with van der Waals surface area (Å²) in [6.45, 7) is 5.07. The number of carbonyl (C=O) groups excluding carboxylic acids is 1. The summed E-state index contributed by atoms with van der Waals surface area (Å²) in [5, 5.41) is 0. The number of hydrogen-bond acceptors (Lipinski definition) is 2. The summed E-state index contributed by atoms with van der Waals surface area (Å²) in [5.74, 6) is 1.25. The summed E-state index contributed by atoms with van der Waals surface area (Å²) < 4.78 is 6.04. The van der Waals surface area contributed by atoms with Crippen LogP contribution in [-0.2, 0) is 9.53 Å². The topological polar surface area (TPSA) is 26.3 Å². The molecule has 0 aromatic rings. The van der Waals surface area contributed by atoms with Crippen molar-refractivity contribution in [3.05, 3.63) is 0 Å². The molecule has 1 aliphatic carbocycles. The van der Waals surface area contributed by atoms with E-state index in [0.717, 1.165) is 25.9 Å². The van der Waals surface area contributed by atoms with Crippen molar-refractivity contribution in [1.82, 2.24) is 0 Å². The summed E-state index contributed by atoms with van der Waals surface area (Å²) in [5.41, 5.74) is 0.0772. The highest BCUT2D eigenvalue weighted by Gasteiger charge is 2.40. The van der Waals surface area contributed by atoms with Crippen LogP contribution in [0.3, 0.4) is 0 Å². The number of rotatable bonds is 3. The predicted octanol–water partition coefficient (Wildman–Crippen LogP) is 3.73. The maximum Gasteiger partial charge on any atom is 0.136 e. The SMILES string of the molecule is CC(C)CC(=O)C1CCOC2(CCCCC2)C1. The molecule has 2 aliphatic rings. The van der Waals surface area contributed by atoms with Gasteiger partial charge in [0.1, 0.15) is 5.78 Å². The first-order chi connectivity index (χ1) is 8.11. The highest BCUT2D eigenvalue weighted by molar-refractivity contribution is 5.81. The molecule has 1 unspecified atom stereocenters. The van der Waals surface area contributed by atoms with Crippen LogP contribution in [-0.4, -0.2) is 18.0 Å². The Balaban J connectivity index is 1.94. The zero-order valence-corrected chi connectivity index (χ0v) is 11.3. The Morgan fingerprint density at radius 1 is 1.29 bits per heavy atom. The van der Waals surface area contributed by atoms with Gasteiger partial charge in [-0.15, -0.1) is 0 Å². The van der Waals surface area contributed by atoms with Gasteiger partial charge in [-0.25, -0.2) is 0 Å². The second kappa shape index (κ2) is 5.51. The molecule has 0 radical (unpaired) electrons. The average Bonchev–Trinajstić information content (AvgIpc) is 2.29. The molecule has 1 atom stereocenters. The Hall–Kier alpha value is -0.370. The number of carbonyl (C=O) groups is 1. The van der Waals surface area contributed by atoms with Crippen LogP contribution in [0.15, 0.2) is 0 Å². The number of ketones is 1. The second-order valence-corrected chi connectivity index (χ2v) is 6.35. The molecule has 0 amide bonds. The van der Waals surface area contributed by atoms with Crippen molar-refractivity contribution in [3.8, 4) is 0 Å². The van der Waals surface area contributed by atoms with Crippen molar-refractivity contribution in [2.24, 2.45) is 11.8 Å². The maximum atomic E-state index is 12.2. The van der Waals surface area contributed by atoms with Gasteiger partial charge in [0, 0.05) is 18.9 Å². The van der Waals surface area contributed by atoms with Crippen LogP contribution in [0.5, 0.6) is 0 Å². The molecule has 1 saturated carbocycles. The lowest BCUT2D eigenvalue weighted by Gasteiger charge is -2.43. The third kappa shape index (κ3) is 3.31. The standard InChI is InChI=1S/C15H26O2/c1-12(2)10-14(16)13-6-9-17-15(11-13)7-4-3-5-8-15/h12-13H,3-11H2,1-2H3. The van der Waals surface area contributed by atoms with Gasteiger partial charge in [0.15, 0.2) is 0 Å². The van der Waals surface area contributed by atoms with Crippen molar-refractivity contribution >= 4 is 5.78 Å². The van der Waals surface area contributed by atoms with E-state index in [1.54, 1.807) is 0 Å². The molecule has 0 N–H and O–H groups in total. The highest BCUT2D eigenvalue weighted by atomic mass is 16.5. The smallest absolute Gasteiger partial charge is 0.136 e. The van der Waals surface area contributed by atoms with Crippen LogP contribution in [0.2, 0.25) is 0 Å². The van der Waals surface area contributed by atoms with Gasteiger partial charge >= 0.3 is 0 Å². The minimum Gasteiger partial charge on any atom is -0.375 e. The van der Waals surface area contributed by atoms with Gasteiger partial charge in [0.2, 0.25) is 0 Å². The van der Waals surface area contributed by atoms with E-state index in [4.69, 9.17) is 4.74 Å². The van der Waals surface area contributed by atoms with Crippen molar-refractivity contribution in [2.45, 2.75) is 70.8 Å². The summed E-state index contributed by atoms with van der Waals surface area (Å²) in [6.07, 6.45) is 8.97. The van der Waals surface area contributed by atoms with Crippen molar-refractivity contribution in [1.29, 1.82) is 0 Å². The summed E-state index contributed by atoms with van der Waals surface area (Å²) in [6, 6.07) is 0. The lowest BCUT2D eigenvalue weighted by atomic mass is 9.74. The van der Waals surface area contributed by atoms with E-state index in [-0.39, 0.29) is 11.5 Å². The Kier molecular flexibility index (Phi) is 4.24. The van der Waals surface area contributed by atoms with Gasteiger partial charge in [-0.05, 0) is 31.6 Å². The molecule has 2 heteroatoms. The largest absolute Gasteiger partial charge is 0.375 e. The molecule has 0 bridgehead atoms. The van der Waals surface area contributed by atoms with Crippen LogP contribution < -0.4 is 0 Å². The fourth-order valence-electron chi connectivity index (χ4n) is 3.42. The third-order valence-electron chi connectivity index (χ3n) is 4.32. The second-order valence-electron chi connectivity index (χ2n) is 6.35. The summed E-state index contributed by atoms with van der Waals surface area (Å²) >= 11 is 0. The Bertz CT molecular complexity index is 259. The molecule has 2 fully saturated rings. The zero-order chi connectivity index (χ0) is 12.3. The van der Waals surface area contributed by atoms with Gasteiger partial charge in [0.05, 0.1) is 5.60 Å². The highest BCUT2D eigenvalue weighted by Crippen LogP contribution is 2.41. The Morgan fingerprint density at radius 2 is 2.00 bits per heavy atom. The Labute approximate surface area is 105 Å². The summed E-state index contributed by atoms with van der Waals surface area (Å²) in [4.78, 5) is 12.2. The molecule has 1 spiro atoms. The molecular weight excluding hydrogens is 212 g/mol. The normalized spacial score (nSPS) is 28.5. The van der Waals surface area contributed by atoms with E-state index in [0.29, 0.717) is 11.7 Å². The molecule has 2 rings (SSSR count). The van der Waals surface area contributed by atoms with Crippen LogP contribution in [0.1, 0.15) is 65.2 Å². The first kappa shape index (κ1) is 13.1. The molecule has 0 aromatic heterocycles. The zero-order valence-electron chi connectivity index (χ0n) is 11.3. The van der Waals surface area contributed by atoms with Crippen LogP contribution in [0.4, 0.5) is 0 Å². The molecular formula is C15H26O2. The Morgan fingerprint density at radius 3 is 2.65 bits per heavy atom. The molecule has 1 aliphatic heterocycles. The van der Waals surface area contributed by atoms with E-state index in [1.807, 2.05) is 0 Å². The fraction of sp³-hybridized carbons (Fsp3) is 0.933. The van der Waals surface area contributed by atoms with Gasteiger partial charge in [-0.2, -0.15) is 0 Å². The van der Waals surface area contributed by atoms with Gasteiger partial charge in [-0.1, -0.05) is 33.1 Å². The molecule has 2 nitrogen and oxygen atoms in total. The molecule has 1 heterocycles. The first-order valence-electron chi connectivity index (χ1n) is 7.28. The fourth-order valence-corrected chi connectivity index (χ4v) is 3.42. The number of ether oxygens (including phenoxy) is 1. The predicted molar refractivity (Wildman–Crippen MR) is 69.0 cm³/mol. The number of hydrogen-bond donors (Lipinski definition) is 0. The lowest BCUT2D eigenvalue weighted by molar-refractivity contribution is -0.143. The first-order valence-corrected chi connectivity index (χ1v) is 7.28. The van der Waals surface area contributed by atoms with E-state index in [1.165, 1.54) is 32.1 Å². The van der Waals surface area contributed by atoms with Crippen molar-refractivity contribution in [3.63, 3.8) is 0 Å². The monoisotopic (exact) mass is 238 g/mol. The maximum absolute atomic E-state index is 12.2. The van der Waals surface area contributed by atoms with Crippen LogP contribution >= 0.6 is 0 Å². The van der Waals surface area contributed by atoms with Crippen molar-refractivity contribution in [2.75, 3.05) is 6.61 Å². The number of Topliss-reactive ketones (excluding diaryl/α,β-unsaturated/α-hetero) is 1. The average molecular weight is 238 g/mol. The minimum atomic E-state index is 0.0772. The van der Waals surface area contributed by atoms with Crippen LogP contribution in [0, 0.1) is 11.8 Å².